The molecular formula is C38H31F3N8O3. The third-order valence-electron chi connectivity index (χ3n) is 7.36. The number of ether oxygens (including phenoxy) is 2. The summed E-state index contributed by atoms with van der Waals surface area (Å²) < 4.78 is 53.2. The number of pyridine rings is 2. The van der Waals surface area contributed by atoms with Crippen LogP contribution in [0.4, 0.5) is 24.5 Å². The topological polar surface area (TPSA) is 135 Å². The predicted molar refractivity (Wildman–Crippen MR) is 190 cm³/mol. The van der Waals surface area contributed by atoms with Crippen molar-refractivity contribution in [3.63, 3.8) is 0 Å². The maximum absolute atomic E-state index is 12.7. The van der Waals surface area contributed by atoms with E-state index in [1.165, 1.54) is 0 Å². The number of aryl methyl sites for hydroxylation is 2. The number of hydrogen-bond donors (Lipinski definition) is 2. The first-order valence-electron chi connectivity index (χ1n) is 15.7. The normalized spacial score (nSPS) is 10.9. The van der Waals surface area contributed by atoms with Crippen LogP contribution in [0.5, 0.6) is 23.0 Å². The largest absolute Gasteiger partial charge is 0.457 e. The number of nitrogens with zero attached hydrogens (tertiary/aromatic N) is 6. The Hall–Kier alpha value is -6.96. The van der Waals surface area contributed by atoms with Gasteiger partial charge in [0.05, 0.1) is 29.3 Å². The fourth-order valence-corrected chi connectivity index (χ4v) is 4.87. The zero-order valence-electron chi connectivity index (χ0n) is 27.8. The van der Waals surface area contributed by atoms with Gasteiger partial charge in [0.1, 0.15) is 23.0 Å². The van der Waals surface area contributed by atoms with E-state index in [1.807, 2.05) is 56.8 Å². The fraction of sp³-hybridized carbons (Fsp3) is 0.0789. The van der Waals surface area contributed by atoms with Crippen LogP contribution in [0, 0.1) is 0 Å². The zero-order valence-corrected chi connectivity index (χ0v) is 27.8. The van der Waals surface area contributed by atoms with E-state index >= 15 is 0 Å². The number of carbonyl (C=O) groups is 1. The zero-order chi connectivity index (χ0) is 36.7. The average molecular weight is 705 g/mol. The Bertz CT molecular complexity index is 2300. The number of carbonyl (C=O) groups excluding carboxylic acids is 1. The Balaban J connectivity index is 0.000000198. The van der Waals surface area contributed by atoms with Crippen LogP contribution in [0.15, 0.2) is 134 Å². The van der Waals surface area contributed by atoms with Crippen molar-refractivity contribution in [2.45, 2.75) is 6.18 Å². The highest BCUT2D eigenvalue weighted by molar-refractivity contribution is 6.04. The lowest BCUT2D eigenvalue weighted by Crippen LogP contribution is -2.12. The van der Waals surface area contributed by atoms with Crippen molar-refractivity contribution >= 4 is 17.3 Å². The third kappa shape index (κ3) is 9.18. The van der Waals surface area contributed by atoms with Gasteiger partial charge in [-0.3, -0.25) is 24.1 Å². The summed E-state index contributed by atoms with van der Waals surface area (Å²) in [6, 6.07) is 25.2. The van der Waals surface area contributed by atoms with Crippen molar-refractivity contribution in [1.29, 1.82) is 0 Å². The third-order valence-corrected chi connectivity index (χ3v) is 7.36. The van der Waals surface area contributed by atoms with E-state index in [4.69, 9.17) is 15.2 Å². The first kappa shape index (κ1) is 34.9. The van der Waals surface area contributed by atoms with Crippen LogP contribution in [-0.2, 0) is 20.3 Å². The van der Waals surface area contributed by atoms with Crippen LogP contribution >= 0.6 is 0 Å². The minimum Gasteiger partial charge on any atom is -0.457 e. The Morgan fingerprint density at radius 3 is 1.71 bits per heavy atom. The number of alkyl halides is 3. The average Bonchev–Trinajstić information content (AvgIpc) is 3.77. The SMILES string of the molecule is Cn1cc(-c2cc(Oc3cccc(N)c3)ccn2)cn1.Cn1cc(-c2cc(Oc3cccc(NC(=O)c4ccc(C(F)(F)F)cc4)c3)ccn2)cn1. The van der Waals surface area contributed by atoms with Gasteiger partial charge in [-0.15, -0.1) is 0 Å². The molecular weight excluding hydrogens is 673 g/mol. The van der Waals surface area contributed by atoms with Crippen LogP contribution < -0.4 is 20.5 Å². The maximum Gasteiger partial charge on any atom is 0.416 e. The van der Waals surface area contributed by atoms with Crippen LogP contribution in [0.1, 0.15) is 15.9 Å². The van der Waals surface area contributed by atoms with Gasteiger partial charge in [-0.2, -0.15) is 23.4 Å². The molecule has 0 atom stereocenters. The summed E-state index contributed by atoms with van der Waals surface area (Å²) in [6.07, 6.45) is 6.09. The Kier molecular flexibility index (Phi) is 10.3. The van der Waals surface area contributed by atoms with E-state index in [0.717, 1.165) is 41.1 Å². The number of nitrogens with one attached hydrogen (secondary N) is 1. The highest BCUT2D eigenvalue weighted by Crippen LogP contribution is 2.30. The number of aromatic nitrogens is 6. The second kappa shape index (κ2) is 15.3. The Morgan fingerprint density at radius 2 is 1.21 bits per heavy atom. The van der Waals surface area contributed by atoms with E-state index in [-0.39, 0.29) is 5.56 Å². The van der Waals surface area contributed by atoms with Gasteiger partial charge in [0, 0.05) is 91.2 Å². The van der Waals surface area contributed by atoms with Crippen molar-refractivity contribution in [1.82, 2.24) is 29.5 Å². The van der Waals surface area contributed by atoms with Crippen molar-refractivity contribution < 1.29 is 27.4 Å². The monoisotopic (exact) mass is 704 g/mol. The van der Waals surface area contributed by atoms with Crippen molar-refractivity contribution in [2.24, 2.45) is 14.1 Å². The quantitative estimate of drug-likeness (QED) is 0.151. The second-order valence-corrected chi connectivity index (χ2v) is 11.4. The summed E-state index contributed by atoms with van der Waals surface area (Å²) in [6.45, 7) is 0. The molecule has 1 amide bonds. The number of anilines is 2. The molecule has 0 saturated heterocycles. The van der Waals surface area contributed by atoms with Gasteiger partial charge < -0.3 is 20.5 Å². The summed E-state index contributed by atoms with van der Waals surface area (Å²) in [4.78, 5) is 21.0. The number of halogens is 3. The summed E-state index contributed by atoms with van der Waals surface area (Å²) in [7, 11) is 3.69. The van der Waals surface area contributed by atoms with E-state index in [1.54, 1.807) is 76.6 Å². The number of hydrogen-bond acceptors (Lipinski definition) is 8. The van der Waals surface area contributed by atoms with Gasteiger partial charge in [0.15, 0.2) is 0 Å². The fourth-order valence-electron chi connectivity index (χ4n) is 4.87. The van der Waals surface area contributed by atoms with Gasteiger partial charge in [-0.1, -0.05) is 12.1 Å². The summed E-state index contributed by atoms with van der Waals surface area (Å²) in [5.41, 5.74) is 9.45. The molecule has 0 spiro atoms. The van der Waals surface area contributed by atoms with E-state index in [0.29, 0.717) is 40.1 Å². The second-order valence-electron chi connectivity index (χ2n) is 11.4. The lowest BCUT2D eigenvalue weighted by molar-refractivity contribution is -0.137. The first-order valence-corrected chi connectivity index (χ1v) is 15.7. The van der Waals surface area contributed by atoms with Crippen molar-refractivity contribution in [3.8, 4) is 45.5 Å². The Labute approximate surface area is 296 Å². The first-order chi connectivity index (χ1) is 25.0. The number of benzene rings is 3. The number of nitrogen functional groups attached to an aromatic ring is 1. The van der Waals surface area contributed by atoms with Crippen LogP contribution in [0.3, 0.4) is 0 Å². The maximum atomic E-state index is 12.7. The summed E-state index contributed by atoms with van der Waals surface area (Å²) >= 11 is 0. The van der Waals surface area contributed by atoms with Crippen LogP contribution in [0.2, 0.25) is 0 Å². The molecule has 0 aliphatic rings. The molecule has 0 aliphatic carbocycles. The predicted octanol–water partition coefficient (Wildman–Crippen LogP) is 8.40. The molecule has 262 valence electrons. The molecule has 0 unspecified atom stereocenters. The number of rotatable bonds is 8. The van der Waals surface area contributed by atoms with Gasteiger partial charge >= 0.3 is 6.18 Å². The molecule has 3 N–H and O–H groups in total. The summed E-state index contributed by atoms with van der Waals surface area (Å²) in [5.74, 6) is 1.90. The van der Waals surface area contributed by atoms with Gasteiger partial charge in [0.25, 0.3) is 5.91 Å². The van der Waals surface area contributed by atoms with Crippen molar-refractivity contribution in [3.05, 3.63) is 145 Å². The molecule has 7 aromatic rings. The van der Waals surface area contributed by atoms with E-state index in [9.17, 15) is 18.0 Å². The lowest BCUT2D eigenvalue weighted by atomic mass is 10.1. The highest BCUT2D eigenvalue weighted by atomic mass is 19.4. The summed E-state index contributed by atoms with van der Waals surface area (Å²) in [5, 5.41) is 10.9. The molecule has 0 fully saturated rings. The van der Waals surface area contributed by atoms with E-state index in [2.05, 4.69) is 25.5 Å². The minimum absolute atomic E-state index is 0.111. The lowest BCUT2D eigenvalue weighted by Gasteiger charge is -2.10. The molecule has 52 heavy (non-hydrogen) atoms. The molecule has 11 nitrogen and oxygen atoms in total. The number of amides is 1. The molecule has 0 radical (unpaired) electrons. The smallest absolute Gasteiger partial charge is 0.416 e. The molecule has 3 aromatic carbocycles. The van der Waals surface area contributed by atoms with E-state index < -0.39 is 17.6 Å². The molecule has 0 saturated carbocycles. The molecule has 4 heterocycles. The van der Waals surface area contributed by atoms with Crippen LogP contribution in [-0.4, -0.2) is 35.4 Å². The molecule has 0 bridgehead atoms. The number of nitrogens with two attached hydrogens (primary N) is 1. The van der Waals surface area contributed by atoms with Crippen molar-refractivity contribution in [2.75, 3.05) is 11.1 Å². The molecule has 4 aromatic heterocycles. The molecule has 7 rings (SSSR count). The van der Waals surface area contributed by atoms with Gasteiger partial charge in [-0.05, 0) is 60.7 Å². The highest BCUT2D eigenvalue weighted by Gasteiger charge is 2.30. The Morgan fingerprint density at radius 1 is 0.692 bits per heavy atom. The van der Waals surface area contributed by atoms with Gasteiger partial charge in [-0.25, -0.2) is 0 Å². The molecule has 0 aliphatic heterocycles. The standard InChI is InChI=1S/C23H17F3N4O2.C15H14N4O/c1-30-14-16(13-28-30)21-12-20(9-10-27-21)32-19-4-2-3-18(11-19)29-22(31)15-5-7-17(8-6-15)23(24,25)26;1-19-10-11(9-18-19)15-8-14(5-6-17-15)20-13-4-2-3-12(16)7-13/h2-14H,1H3,(H,29,31);2-10H,16H2,1H3. The van der Waals surface area contributed by atoms with Gasteiger partial charge in [0.2, 0.25) is 0 Å². The molecule has 14 heteroatoms. The van der Waals surface area contributed by atoms with Crippen LogP contribution in [0.25, 0.3) is 22.5 Å². The minimum atomic E-state index is -4.45.